The van der Waals surface area contributed by atoms with E-state index in [1.165, 1.54) is 0 Å². The second-order valence-electron chi connectivity index (χ2n) is 4.04. The first-order chi connectivity index (χ1) is 8.66. The zero-order valence-corrected chi connectivity index (χ0v) is 11.4. The summed E-state index contributed by atoms with van der Waals surface area (Å²) >= 11 is 3.18. The van der Waals surface area contributed by atoms with Gasteiger partial charge in [-0.3, -0.25) is 9.69 Å². The van der Waals surface area contributed by atoms with Crippen molar-refractivity contribution in [2.24, 2.45) is 0 Å². The molecule has 1 fully saturated rings. The van der Waals surface area contributed by atoms with Crippen LogP contribution in [-0.2, 0) is 4.79 Å². The molecule has 1 aliphatic heterocycles. The molecule has 0 spiro atoms. The first-order valence-electron chi connectivity index (χ1n) is 5.57. The van der Waals surface area contributed by atoms with Crippen LogP contribution in [0.1, 0.15) is 11.7 Å². The van der Waals surface area contributed by atoms with Gasteiger partial charge in [-0.1, -0.05) is 30.3 Å². The third kappa shape index (κ3) is 3.65. The first kappa shape index (κ1) is 13.7. The number of aliphatic carboxylic acids is 1. The van der Waals surface area contributed by atoms with Crippen molar-refractivity contribution < 1.29 is 15.0 Å². The van der Waals surface area contributed by atoms with E-state index in [9.17, 15) is 9.90 Å². The summed E-state index contributed by atoms with van der Waals surface area (Å²) in [5, 5.41) is 18.9. The lowest BCUT2D eigenvalue weighted by molar-refractivity contribution is -0.137. The van der Waals surface area contributed by atoms with E-state index in [2.05, 4.69) is 0 Å². The van der Waals surface area contributed by atoms with Crippen LogP contribution in [0, 0.1) is 0 Å². The van der Waals surface area contributed by atoms with Gasteiger partial charge in [-0.2, -0.15) is 0 Å². The van der Waals surface area contributed by atoms with Crippen molar-refractivity contribution in [2.75, 3.05) is 18.3 Å². The molecule has 0 bridgehead atoms. The third-order valence-electron chi connectivity index (χ3n) is 2.60. The monoisotopic (exact) mass is 285 g/mol. The van der Waals surface area contributed by atoms with Crippen LogP contribution in [0.15, 0.2) is 30.3 Å². The van der Waals surface area contributed by atoms with E-state index < -0.39 is 12.1 Å². The van der Waals surface area contributed by atoms with Crippen molar-refractivity contribution in [3.63, 3.8) is 0 Å². The van der Waals surface area contributed by atoms with Crippen LogP contribution in [-0.4, -0.2) is 44.0 Å². The molecule has 1 aliphatic rings. The Morgan fingerprint density at radius 3 is 2.50 bits per heavy atom. The Morgan fingerprint density at radius 2 is 1.94 bits per heavy atom. The standard InChI is InChI=1S/C12H15NO3S2/c14-10(15)6-13-7-17-12(18-8-13)11(16)9-4-2-1-3-5-9/h1-5,11-12,16H,6-8H2,(H,14,15). The van der Waals surface area contributed by atoms with E-state index in [4.69, 9.17) is 5.11 Å². The van der Waals surface area contributed by atoms with Gasteiger partial charge in [0, 0.05) is 11.8 Å². The zero-order chi connectivity index (χ0) is 13.0. The number of hydrogen-bond acceptors (Lipinski definition) is 5. The van der Waals surface area contributed by atoms with Crippen molar-refractivity contribution in [3.05, 3.63) is 35.9 Å². The summed E-state index contributed by atoms with van der Waals surface area (Å²) in [4.78, 5) is 12.4. The quantitative estimate of drug-likeness (QED) is 0.880. The van der Waals surface area contributed by atoms with Crippen molar-refractivity contribution in [1.82, 2.24) is 4.90 Å². The average molecular weight is 285 g/mol. The van der Waals surface area contributed by atoms with Gasteiger partial charge in [-0.05, 0) is 5.56 Å². The highest BCUT2D eigenvalue weighted by Crippen LogP contribution is 2.39. The second kappa shape index (κ2) is 6.47. The minimum absolute atomic E-state index is 0.0636. The van der Waals surface area contributed by atoms with E-state index in [1.807, 2.05) is 35.2 Å². The van der Waals surface area contributed by atoms with Crippen molar-refractivity contribution >= 4 is 29.5 Å². The van der Waals surface area contributed by atoms with Gasteiger partial charge in [0.05, 0.1) is 11.1 Å². The molecule has 18 heavy (non-hydrogen) atoms. The molecule has 2 rings (SSSR count). The number of carboxylic acids is 1. The predicted molar refractivity (Wildman–Crippen MR) is 74.4 cm³/mol. The number of carbonyl (C=O) groups is 1. The van der Waals surface area contributed by atoms with Gasteiger partial charge in [0.25, 0.3) is 0 Å². The van der Waals surface area contributed by atoms with Gasteiger partial charge in [0.2, 0.25) is 0 Å². The average Bonchev–Trinajstić information content (AvgIpc) is 2.39. The highest BCUT2D eigenvalue weighted by Gasteiger charge is 2.27. The Labute approximate surface area is 114 Å². The lowest BCUT2D eigenvalue weighted by Gasteiger charge is -2.32. The summed E-state index contributed by atoms with van der Waals surface area (Å²) in [5.41, 5.74) is 0.911. The van der Waals surface area contributed by atoms with Crippen LogP contribution in [0.25, 0.3) is 0 Å². The molecule has 1 saturated heterocycles. The minimum atomic E-state index is -0.807. The summed E-state index contributed by atoms with van der Waals surface area (Å²) in [6, 6.07) is 9.57. The van der Waals surface area contributed by atoms with E-state index in [0.29, 0.717) is 11.8 Å². The van der Waals surface area contributed by atoms with Gasteiger partial charge in [-0.15, -0.1) is 23.5 Å². The molecule has 0 saturated carbocycles. The summed E-state index contributed by atoms with van der Waals surface area (Å²) in [5.74, 6) is 0.486. The Balaban J connectivity index is 1.88. The lowest BCUT2D eigenvalue weighted by Crippen LogP contribution is -2.34. The number of carboxylic acid groups (broad SMARTS) is 1. The van der Waals surface area contributed by atoms with E-state index in [-0.39, 0.29) is 11.1 Å². The maximum Gasteiger partial charge on any atom is 0.317 e. The largest absolute Gasteiger partial charge is 0.480 e. The molecule has 6 heteroatoms. The number of aliphatic hydroxyl groups excluding tert-OH is 1. The van der Waals surface area contributed by atoms with Crippen LogP contribution in [0.4, 0.5) is 0 Å². The molecule has 1 heterocycles. The Bertz CT molecular complexity index is 394. The molecule has 1 unspecified atom stereocenters. The molecule has 0 aromatic heterocycles. The summed E-state index contributed by atoms with van der Waals surface area (Å²) in [6.45, 7) is 0.0636. The van der Waals surface area contributed by atoms with E-state index >= 15 is 0 Å². The Kier molecular flexibility index (Phi) is 4.94. The molecule has 1 aromatic rings. The highest BCUT2D eigenvalue weighted by atomic mass is 32.2. The predicted octanol–water partition coefficient (Wildman–Crippen LogP) is 1.83. The normalized spacial score (nSPS) is 19.6. The summed E-state index contributed by atoms with van der Waals surface area (Å²) in [6.07, 6.45) is -0.506. The number of hydrogen-bond donors (Lipinski definition) is 2. The van der Waals surface area contributed by atoms with Crippen molar-refractivity contribution in [1.29, 1.82) is 0 Å². The highest BCUT2D eigenvalue weighted by molar-refractivity contribution is 8.17. The van der Waals surface area contributed by atoms with Crippen LogP contribution in [0.3, 0.4) is 0 Å². The maximum absolute atomic E-state index is 10.6. The smallest absolute Gasteiger partial charge is 0.317 e. The number of rotatable bonds is 4. The van der Waals surface area contributed by atoms with Crippen LogP contribution in [0.5, 0.6) is 0 Å². The van der Waals surface area contributed by atoms with E-state index in [0.717, 1.165) is 5.56 Å². The molecule has 0 radical (unpaired) electrons. The van der Waals surface area contributed by atoms with Gasteiger partial charge >= 0.3 is 5.97 Å². The molecule has 4 nitrogen and oxygen atoms in total. The molecule has 0 aliphatic carbocycles. The van der Waals surface area contributed by atoms with E-state index in [1.54, 1.807) is 23.5 Å². The molecular weight excluding hydrogens is 270 g/mol. The number of benzene rings is 1. The fourth-order valence-electron chi connectivity index (χ4n) is 1.72. The van der Waals surface area contributed by atoms with Crippen molar-refractivity contribution in [3.8, 4) is 0 Å². The second-order valence-corrected chi connectivity index (χ2v) is 6.54. The molecular formula is C12H15NO3S2. The summed E-state index contributed by atoms with van der Waals surface area (Å²) < 4.78 is 0.0671. The zero-order valence-electron chi connectivity index (χ0n) is 9.73. The molecule has 0 amide bonds. The first-order valence-corrected chi connectivity index (χ1v) is 7.67. The van der Waals surface area contributed by atoms with Crippen LogP contribution >= 0.6 is 23.5 Å². The van der Waals surface area contributed by atoms with Gasteiger partial charge in [0.1, 0.15) is 6.10 Å². The topological polar surface area (TPSA) is 60.8 Å². The van der Waals surface area contributed by atoms with Crippen molar-refractivity contribution in [2.45, 2.75) is 10.7 Å². The van der Waals surface area contributed by atoms with Gasteiger partial charge in [0.15, 0.2) is 0 Å². The Hall–Kier alpha value is -0.690. The molecule has 1 atom stereocenters. The van der Waals surface area contributed by atoms with Gasteiger partial charge in [-0.25, -0.2) is 0 Å². The molecule has 1 aromatic carbocycles. The van der Waals surface area contributed by atoms with Gasteiger partial charge < -0.3 is 10.2 Å². The fraction of sp³-hybridized carbons (Fsp3) is 0.417. The maximum atomic E-state index is 10.6. The SMILES string of the molecule is O=C(O)CN1CSC(C(O)c2ccccc2)SC1. The summed E-state index contributed by atoms with van der Waals surface area (Å²) in [7, 11) is 0. The number of thioether (sulfide) groups is 2. The van der Waals surface area contributed by atoms with Crippen LogP contribution in [0.2, 0.25) is 0 Å². The third-order valence-corrected chi connectivity index (χ3v) is 5.62. The lowest BCUT2D eigenvalue weighted by atomic mass is 10.1. The number of nitrogens with zero attached hydrogens (tertiary/aromatic N) is 1. The molecule has 98 valence electrons. The van der Waals surface area contributed by atoms with Crippen LogP contribution < -0.4 is 0 Å². The Morgan fingerprint density at radius 1 is 1.33 bits per heavy atom. The molecule has 2 N–H and O–H groups in total. The number of aliphatic hydroxyl groups is 1. The minimum Gasteiger partial charge on any atom is -0.480 e. The fourth-order valence-corrected chi connectivity index (χ4v) is 4.34.